The summed E-state index contributed by atoms with van der Waals surface area (Å²) in [7, 11) is 3.27. The molecule has 0 radical (unpaired) electrons. The van der Waals surface area contributed by atoms with Gasteiger partial charge in [0, 0.05) is 62.2 Å². The number of likely N-dealkylation sites (tertiary alicyclic amines) is 1. The van der Waals surface area contributed by atoms with Gasteiger partial charge in [-0.05, 0) is 35.8 Å². The smallest absolute Gasteiger partial charge is 0.268 e. The molecule has 2 aliphatic rings. The summed E-state index contributed by atoms with van der Waals surface area (Å²) in [6.07, 6.45) is 6.28. The van der Waals surface area contributed by atoms with E-state index in [0.29, 0.717) is 53.9 Å². The molecule has 4 heterocycles. The second-order valence-corrected chi connectivity index (χ2v) is 10.9. The van der Waals surface area contributed by atoms with Crippen molar-refractivity contribution in [3.05, 3.63) is 71.9 Å². The lowest BCUT2D eigenvalue weighted by Crippen LogP contribution is -2.36. The molecule has 1 atom stereocenters. The first-order valence-electron chi connectivity index (χ1n) is 14.2. The number of nitrogens with zero attached hydrogens (tertiary/aromatic N) is 5. The number of aromatic amines is 1. The van der Waals surface area contributed by atoms with Gasteiger partial charge in [0.15, 0.2) is 5.82 Å². The molecule has 0 bridgehead atoms. The van der Waals surface area contributed by atoms with E-state index in [-0.39, 0.29) is 48.5 Å². The fourth-order valence-corrected chi connectivity index (χ4v) is 5.80. The highest BCUT2D eigenvalue weighted by Crippen LogP contribution is 2.40. The van der Waals surface area contributed by atoms with Crippen LogP contribution in [0.1, 0.15) is 35.3 Å². The van der Waals surface area contributed by atoms with Crippen molar-refractivity contribution < 1.29 is 23.5 Å². The number of aryl methyl sites for hydroxylation is 1. The maximum Gasteiger partial charge on any atom is 0.268 e. The summed E-state index contributed by atoms with van der Waals surface area (Å²) in [4.78, 5) is 44.6. The van der Waals surface area contributed by atoms with Gasteiger partial charge in [-0.3, -0.25) is 19.1 Å². The van der Waals surface area contributed by atoms with E-state index in [1.54, 1.807) is 53.2 Å². The van der Waals surface area contributed by atoms with E-state index < -0.39 is 11.7 Å². The summed E-state index contributed by atoms with van der Waals surface area (Å²) in [5.41, 5.74) is 2.82. The van der Waals surface area contributed by atoms with Crippen LogP contribution >= 0.6 is 0 Å². The van der Waals surface area contributed by atoms with Crippen LogP contribution in [0.5, 0.6) is 5.75 Å². The quantitative estimate of drug-likeness (QED) is 0.327. The molecule has 0 spiro atoms. The molecule has 43 heavy (non-hydrogen) atoms. The lowest BCUT2D eigenvalue weighted by Gasteiger charge is -2.28. The number of fused-ring (bicyclic) bond motifs is 1. The van der Waals surface area contributed by atoms with Gasteiger partial charge in [0.2, 0.25) is 11.8 Å². The number of rotatable bonds is 8. The van der Waals surface area contributed by atoms with Crippen molar-refractivity contribution >= 4 is 34.2 Å². The Hall–Kier alpha value is -5.00. The molecule has 1 fully saturated rings. The van der Waals surface area contributed by atoms with E-state index in [1.807, 2.05) is 30.3 Å². The zero-order valence-electron chi connectivity index (χ0n) is 24.0. The average Bonchev–Trinajstić information content (AvgIpc) is 3.77. The average molecular weight is 586 g/mol. The topological polar surface area (TPSA) is 125 Å². The van der Waals surface area contributed by atoms with Crippen LogP contribution in [-0.2, 0) is 16.1 Å². The molecule has 12 heteroatoms. The fraction of sp³-hybridized carbons (Fsp3) is 0.323. The minimum absolute atomic E-state index is 0.0391. The third-order valence-electron chi connectivity index (χ3n) is 8.05. The van der Waals surface area contributed by atoms with Crippen molar-refractivity contribution in [3.63, 3.8) is 0 Å². The van der Waals surface area contributed by atoms with Gasteiger partial charge in [0.05, 0.1) is 31.4 Å². The molecule has 0 aliphatic carbocycles. The first kappa shape index (κ1) is 28.1. The zero-order chi connectivity index (χ0) is 30.1. The van der Waals surface area contributed by atoms with Gasteiger partial charge in [-0.15, -0.1) is 5.10 Å². The molecule has 4 aromatic rings. The third-order valence-corrected chi connectivity index (χ3v) is 8.05. The fourth-order valence-electron chi connectivity index (χ4n) is 5.80. The summed E-state index contributed by atoms with van der Waals surface area (Å²) in [6.45, 7) is 1.61. The van der Waals surface area contributed by atoms with Crippen molar-refractivity contribution in [2.45, 2.75) is 31.8 Å². The summed E-state index contributed by atoms with van der Waals surface area (Å²) in [6, 6.07) is 10.5. The molecular formula is C31H32FN7O4. The first-order valence-corrected chi connectivity index (χ1v) is 14.2. The van der Waals surface area contributed by atoms with Crippen molar-refractivity contribution in [1.82, 2.24) is 35.1 Å². The number of ether oxygens (including phenoxy) is 1. The second-order valence-electron chi connectivity index (χ2n) is 10.9. The number of aromatic nitrogens is 4. The zero-order valence-corrected chi connectivity index (χ0v) is 24.0. The van der Waals surface area contributed by atoms with Crippen molar-refractivity contribution in [2.75, 3.05) is 33.8 Å². The highest BCUT2D eigenvalue weighted by atomic mass is 19.1. The SMILES string of the molecule is COc1ccccc1-c1cc(C2=CCCN(C(=O)CCn3ccnn3)C2)c(F)c2[nH]c(C(=O)NC3CC(=O)N(C)C3)cc12. The van der Waals surface area contributed by atoms with Gasteiger partial charge in [0.1, 0.15) is 11.4 Å². The van der Waals surface area contributed by atoms with Crippen LogP contribution in [0.3, 0.4) is 0 Å². The summed E-state index contributed by atoms with van der Waals surface area (Å²) >= 11 is 0. The van der Waals surface area contributed by atoms with Crippen LogP contribution in [-0.4, -0.2) is 87.3 Å². The summed E-state index contributed by atoms with van der Waals surface area (Å²) in [5.74, 6) is -0.419. The number of hydrogen-bond donors (Lipinski definition) is 2. The van der Waals surface area contributed by atoms with Crippen LogP contribution in [0.2, 0.25) is 0 Å². The van der Waals surface area contributed by atoms with Gasteiger partial charge < -0.3 is 24.8 Å². The van der Waals surface area contributed by atoms with Gasteiger partial charge in [-0.25, -0.2) is 4.39 Å². The Morgan fingerprint density at radius 3 is 2.77 bits per heavy atom. The van der Waals surface area contributed by atoms with Crippen LogP contribution in [0.25, 0.3) is 27.6 Å². The lowest BCUT2D eigenvalue weighted by molar-refractivity contribution is -0.131. The van der Waals surface area contributed by atoms with E-state index >= 15 is 4.39 Å². The number of benzene rings is 2. The molecule has 1 saturated heterocycles. The normalized spacial score (nSPS) is 17.0. The van der Waals surface area contributed by atoms with E-state index in [0.717, 1.165) is 5.56 Å². The Labute approximate surface area is 247 Å². The molecule has 222 valence electrons. The number of likely N-dealkylation sites (N-methyl/N-ethyl adjacent to an activating group) is 1. The highest BCUT2D eigenvalue weighted by molar-refractivity contribution is 6.05. The molecular weight excluding hydrogens is 553 g/mol. The third kappa shape index (κ3) is 5.60. The van der Waals surface area contributed by atoms with Gasteiger partial charge in [-0.2, -0.15) is 0 Å². The molecule has 1 unspecified atom stereocenters. The number of para-hydroxylation sites is 1. The van der Waals surface area contributed by atoms with E-state index in [9.17, 15) is 14.4 Å². The summed E-state index contributed by atoms with van der Waals surface area (Å²) in [5, 5.41) is 11.1. The maximum atomic E-state index is 16.4. The molecule has 0 saturated carbocycles. The molecule has 2 N–H and O–H groups in total. The number of H-pyrrole nitrogens is 1. The predicted octanol–water partition coefficient (Wildman–Crippen LogP) is 3.24. The standard InChI is InChI=1S/C31H32FN7O4/c1-37-18-20(14-28(37)41)34-31(42)25-16-24-23(21-7-3-4-8-26(21)43-2)15-22(29(32)30(24)35-25)19-6-5-11-38(17-19)27(40)9-12-39-13-10-33-36-39/h3-4,6-8,10,13,15-16,20,35H,5,9,11-12,14,17-18H2,1-2H3,(H,34,42). The van der Waals surface area contributed by atoms with Crippen molar-refractivity contribution in [2.24, 2.45) is 0 Å². The van der Waals surface area contributed by atoms with Crippen LogP contribution in [0.15, 0.2) is 54.9 Å². The molecule has 11 nitrogen and oxygen atoms in total. The molecule has 6 rings (SSSR count). The minimum Gasteiger partial charge on any atom is -0.496 e. The largest absolute Gasteiger partial charge is 0.496 e. The number of methoxy groups -OCH3 is 1. The second kappa shape index (κ2) is 11.7. The number of nitrogens with one attached hydrogen (secondary N) is 2. The van der Waals surface area contributed by atoms with Crippen molar-refractivity contribution in [1.29, 1.82) is 0 Å². The number of amides is 3. The highest BCUT2D eigenvalue weighted by Gasteiger charge is 2.30. The minimum atomic E-state index is -0.508. The van der Waals surface area contributed by atoms with Crippen LogP contribution in [0, 0.1) is 5.82 Å². The Kier molecular flexibility index (Phi) is 7.66. The number of carbonyl (C=O) groups is 3. The Morgan fingerprint density at radius 2 is 2.02 bits per heavy atom. The number of hydrogen-bond acceptors (Lipinski definition) is 6. The van der Waals surface area contributed by atoms with Gasteiger partial charge in [0.25, 0.3) is 5.91 Å². The first-order chi connectivity index (χ1) is 20.8. The predicted molar refractivity (Wildman–Crippen MR) is 158 cm³/mol. The van der Waals surface area contributed by atoms with Gasteiger partial charge in [-0.1, -0.05) is 29.5 Å². The number of halogens is 1. The van der Waals surface area contributed by atoms with Crippen LogP contribution < -0.4 is 10.1 Å². The molecule has 2 aromatic carbocycles. The Bertz CT molecular complexity index is 1730. The van der Waals surface area contributed by atoms with Gasteiger partial charge >= 0.3 is 0 Å². The van der Waals surface area contributed by atoms with E-state index in [1.165, 1.54) is 0 Å². The van der Waals surface area contributed by atoms with E-state index in [4.69, 9.17) is 4.74 Å². The molecule has 2 aromatic heterocycles. The number of carbonyl (C=O) groups excluding carboxylic acids is 3. The molecule has 2 aliphatic heterocycles. The lowest BCUT2D eigenvalue weighted by atomic mass is 9.93. The van der Waals surface area contributed by atoms with Crippen LogP contribution in [0.4, 0.5) is 4.39 Å². The summed E-state index contributed by atoms with van der Waals surface area (Å²) < 4.78 is 23.6. The Morgan fingerprint density at radius 1 is 1.19 bits per heavy atom. The molecule has 3 amide bonds. The maximum absolute atomic E-state index is 16.4. The van der Waals surface area contributed by atoms with Crippen molar-refractivity contribution in [3.8, 4) is 16.9 Å². The Balaban J connectivity index is 1.35. The monoisotopic (exact) mass is 585 g/mol. The van der Waals surface area contributed by atoms with E-state index in [2.05, 4.69) is 20.6 Å².